The minimum Gasteiger partial charge on any atom is -0.435 e. The Morgan fingerprint density at radius 1 is 0.339 bits per heavy atom. The van der Waals surface area contributed by atoms with Gasteiger partial charge in [-0.05, 0) is 115 Å². The molecule has 0 saturated heterocycles. The molecule has 10 aromatic carbocycles. The third-order valence-electron chi connectivity index (χ3n) is 11.0. The molecule has 56 heavy (non-hydrogen) atoms. The van der Waals surface area contributed by atoms with E-state index < -0.39 is 0 Å². The van der Waals surface area contributed by atoms with Gasteiger partial charge in [-0.15, -0.1) is 0 Å². The summed E-state index contributed by atoms with van der Waals surface area (Å²) in [6.45, 7) is 0. The van der Waals surface area contributed by atoms with Crippen LogP contribution in [0, 0.1) is 0 Å². The SMILES string of the molecule is c1ccc(-c2cccc(N(c3ccc(-c4ccc5ccccc5c4)cc3)c3ccc4c(ccc5ccc6ccc7nc(-c8ccccc8)oc7c6c54)c3)c2)cc1. The van der Waals surface area contributed by atoms with E-state index in [1.165, 1.54) is 49.2 Å². The zero-order valence-corrected chi connectivity index (χ0v) is 30.4. The van der Waals surface area contributed by atoms with Crippen LogP contribution in [0.15, 0.2) is 211 Å². The summed E-state index contributed by atoms with van der Waals surface area (Å²) in [7, 11) is 0. The van der Waals surface area contributed by atoms with Gasteiger partial charge in [-0.25, -0.2) is 4.98 Å². The summed E-state index contributed by atoms with van der Waals surface area (Å²) in [5.41, 5.74) is 10.6. The Bertz CT molecular complexity index is 3240. The minimum absolute atomic E-state index is 0.632. The highest BCUT2D eigenvalue weighted by molar-refractivity contribution is 6.26. The minimum atomic E-state index is 0.632. The molecule has 0 bridgehead atoms. The zero-order valence-electron chi connectivity index (χ0n) is 30.4. The molecule has 0 aliphatic rings. The molecule has 1 heterocycles. The quantitative estimate of drug-likeness (QED) is 0.161. The first-order valence-corrected chi connectivity index (χ1v) is 19.0. The molecular formula is C53H34N2O. The van der Waals surface area contributed by atoms with E-state index in [0.29, 0.717) is 5.89 Å². The second-order valence-corrected chi connectivity index (χ2v) is 14.4. The van der Waals surface area contributed by atoms with Gasteiger partial charge in [0, 0.05) is 33.4 Å². The van der Waals surface area contributed by atoms with Crippen LogP contribution in [0.4, 0.5) is 17.1 Å². The molecule has 0 radical (unpaired) electrons. The molecule has 0 aliphatic heterocycles. The summed E-state index contributed by atoms with van der Waals surface area (Å²) in [5.74, 6) is 0.632. The van der Waals surface area contributed by atoms with Gasteiger partial charge < -0.3 is 9.32 Å². The van der Waals surface area contributed by atoms with Gasteiger partial charge in [-0.1, -0.05) is 146 Å². The van der Waals surface area contributed by atoms with Gasteiger partial charge in [0.25, 0.3) is 0 Å². The number of rotatable bonds is 6. The molecule has 0 saturated carbocycles. The Hall–Kier alpha value is -7.49. The van der Waals surface area contributed by atoms with E-state index in [-0.39, 0.29) is 0 Å². The summed E-state index contributed by atoms with van der Waals surface area (Å²) < 4.78 is 6.59. The third-order valence-corrected chi connectivity index (χ3v) is 11.0. The number of benzene rings is 10. The number of aromatic nitrogens is 1. The molecular weight excluding hydrogens is 681 g/mol. The van der Waals surface area contributed by atoms with Gasteiger partial charge in [0.1, 0.15) is 5.52 Å². The van der Waals surface area contributed by atoms with Crippen molar-refractivity contribution in [2.45, 2.75) is 0 Å². The fourth-order valence-electron chi connectivity index (χ4n) is 8.25. The van der Waals surface area contributed by atoms with Crippen molar-refractivity contribution in [2.75, 3.05) is 4.90 Å². The van der Waals surface area contributed by atoms with Crippen molar-refractivity contribution < 1.29 is 4.42 Å². The standard InChI is InChI=1S/C53H34N2O/c1-3-10-35(11-4-1)42-16-9-17-46(33-42)55(45-27-24-37(25-28-45)43-22-18-36-12-7-8-15-41(36)32-43)47-29-30-48-44(34-47)23-21-38-19-20-39-26-31-49-52(51(39)50(38)48)56-53(54-49)40-13-5-2-6-14-40/h1-34H. The monoisotopic (exact) mass is 714 g/mol. The number of anilines is 3. The Morgan fingerprint density at radius 3 is 1.71 bits per heavy atom. The summed E-state index contributed by atoms with van der Waals surface area (Å²) >= 11 is 0. The largest absolute Gasteiger partial charge is 0.435 e. The molecule has 0 amide bonds. The van der Waals surface area contributed by atoms with Crippen LogP contribution in [0.2, 0.25) is 0 Å². The van der Waals surface area contributed by atoms with Crippen molar-refractivity contribution in [2.24, 2.45) is 0 Å². The topological polar surface area (TPSA) is 29.3 Å². The molecule has 11 aromatic rings. The summed E-state index contributed by atoms with van der Waals surface area (Å²) in [6.07, 6.45) is 0. The van der Waals surface area contributed by atoms with Gasteiger partial charge in [0.15, 0.2) is 5.58 Å². The molecule has 0 atom stereocenters. The van der Waals surface area contributed by atoms with Gasteiger partial charge in [0.05, 0.1) is 0 Å². The number of oxazole rings is 1. The summed E-state index contributed by atoms with van der Waals surface area (Å²) in [6, 6.07) is 73.7. The first-order valence-electron chi connectivity index (χ1n) is 19.0. The average molecular weight is 715 g/mol. The van der Waals surface area contributed by atoms with Crippen LogP contribution in [-0.2, 0) is 0 Å². The van der Waals surface area contributed by atoms with Crippen molar-refractivity contribution in [3.05, 3.63) is 206 Å². The first kappa shape index (κ1) is 32.0. The predicted molar refractivity (Wildman–Crippen MR) is 235 cm³/mol. The highest BCUT2D eigenvalue weighted by Gasteiger charge is 2.18. The van der Waals surface area contributed by atoms with Gasteiger partial charge >= 0.3 is 0 Å². The second kappa shape index (κ2) is 13.1. The van der Waals surface area contributed by atoms with Crippen LogP contribution >= 0.6 is 0 Å². The van der Waals surface area contributed by atoms with Crippen LogP contribution in [0.3, 0.4) is 0 Å². The Balaban J connectivity index is 1.07. The van der Waals surface area contributed by atoms with E-state index >= 15 is 0 Å². The van der Waals surface area contributed by atoms with E-state index in [4.69, 9.17) is 9.40 Å². The number of nitrogens with zero attached hydrogens (tertiary/aromatic N) is 2. The maximum Gasteiger partial charge on any atom is 0.227 e. The van der Waals surface area contributed by atoms with Crippen molar-refractivity contribution in [3.8, 4) is 33.7 Å². The van der Waals surface area contributed by atoms with E-state index in [9.17, 15) is 0 Å². The third kappa shape index (κ3) is 5.49. The van der Waals surface area contributed by atoms with E-state index in [1.807, 2.05) is 30.3 Å². The van der Waals surface area contributed by atoms with E-state index in [1.54, 1.807) is 0 Å². The molecule has 0 fully saturated rings. The zero-order chi connectivity index (χ0) is 37.0. The van der Waals surface area contributed by atoms with Crippen molar-refractivity contribution in [1.29, 1.82) is 0 Å². The smallest absolute Gasteiger partial charge is 0.227 e. The van der Waals surface area contributed by atoms with Crippen LogP contribution in [0.1, 0.15) is 0 Å². The second-order valence-electron chi connectivity index (χ2n) is 14.4. The molecule has 0 aliphatic carbocycles. The van der Waals surface area contributed by atoms with Gasteiger partial charge in [0.2, 0.25) is 5.89 Å². The highest BCUT2D eigenvalue weighted by Crippen LogP contribution is 2.42. The van der Waals surface area contributed by atoms with Gasteiger partial charge in [-0.3, -0.25) is 0 Å². The Morgan fingerprint density at radius 2 is 0.911 bits per heavy atom. The van der Waals surface area contributed by atoms with Crippen LogP contribution in [0.5, 0.6) is 0 Å². The number of hydrogen-bond donors (Lipinski definition) is 0. The van der Waals surface area contributed by atoms with Crippen molar-refractivity contribution in [3.63, 3.8) is 0 Å². The summed E-state index contributed by atoms with van der Waals surface area (Å²) in [5, 5.41) is 9.37. The fraction of sp³-hybridized carbons (Fsp3) is 0. The lowest BCUT2D eigenvalue weighted by Crippen LogP contribution is -2.10. The lowest BCUT2D eigenvalue weighted by molar-refractivity contribution is 0.623. The predicted octanol–water partition coefficient (Wildman–Crippen LogP) is 14.9. The fourth-order valence-corrected chi connectivity index (χ4v) is 8.25. The molecule has 262 valence electrons. The molecule has 11 rings (SSSR count). The normalized spacial score (nSPS) is 11.6. The first-order chi connectivity index (χ1) is 27.7. The van der Waals surface area contributed by atoms with Crippen LogP contribution in [-0.4, -0.2) is 4.98 Å². The Labute approximate surface area is 324 Å². The average Bonchev–Trinajstić information content (AvgIpc) is 3.72. The van der Waals surface area contributed by atoms with E-state index in [0.717, 1.165) is 49.9 Å². The molecule has 1 aromatic heterocycles. The van der Waals surface area contributed by atoms with Crippen LogP contribution < -0.4 is 4.90 Å². The number of fused-ring (bicyclic) bond motifs is 8. The summed E-state index contributed by atoms with van der Waals surface area (Å²) in [4.78, 5) is 7.28. The van der Waals surface area contributed by atoms with Crippen molar-refractivity contribution in [1.82, 2.24) is 4.98 Å². The van der Waals surface area contributed by atoms with Crippen molar-refractivity contribution >= 4 is 71.3 Å². The number of hydrogen-bond acceptors (Lipinski definition) is 3. The lowest BCUT2D eigenvalue weighted by atomic mass is 9.95. The molecule has 3 heteroatoms. The van der Waals surface area contributed by atoms with Gasteiger partial charge in [-0.2, -0.15) is 0 Å². The van der Waals surface area contributed by atoms with E-state index in [2.05, 4.69) is 181 Å². The Kier molecular flexibility index (Phi) is 7.49. The molecule has 0 N–H and O–H groups in total. The molecule has 3 nitrogen and oxygen atoms in total. The maximum absolute atomic E-state index is 6.59. The maximum atomic E-state index is 6.59. The molecule has 0 spiro atoms. The lowest BCUT2D eigenvalue weighted by Gasteiger charge is -2.27. The van der Waals surface area contributed by atoms with Crippen LogP contribution in [0.25, 0.3) is 87.9 Å². The molecule has 0 unspecified atom stereocenters. The highest BCUT2D eigenvalue weighted by atomic mass is 16.3.